The van der Waals surface area contributed by atoms with E-state index in [4.69, 9.17) is 16.3 Å². The number of halogens is 1. The van der Waals surface area contributed by atoms with Crippen molar-refractivity contribution in [1.82, 2.24) is 0 Å². The van der Waals surface area contributed by atoms with Crippen molar-refractivity contribution in [3.8, 4) is 5.75 Å². The molecule has 34 heavy (non-hydrogen) atoms. The lowest BCUT2D eigenvalue weighted by Gasteiger charge is -2.25. The summed E-state index contributed by atoms with van der Waals surface area (Å²) in [5.74, 6) is -0.416. The van der Waals surface area contributed by atoms with Crippen LogP contribution in [0.15, 0.2) is 91.5 Å². The number of allylic oxidation sites excluding steroid dienone is 1. The number of aliphatic hydroxyl groups excluding tert-OH is 2. The van der Waals surface area contributed by atoms with Crippen molar-refractivity contribution in [2.45, 2.75) is 31.7 Å². The predicted octanol–water partition coefficient (Wildman–Crippen LogP) is 6.11. The van der Waals surface area contributed by atoms with Gasteiger partial charge in [0, 0.05) is 5.92 Å². The molecule has 0 radical (unpaired) electrons. The molecule has 3 aromatic rings. The van der Waals surface area contributed by atoms with Gasteiger partial charge in [0.05, 0.1) is 30.4 Å². The van der Waals surface area contributed by atoms with Gasteiger partial charge in [-0.25, -0.2) is 0 Å². The molecule has 178 valence electrons. The van der Waals surface area contributed by atoms with Crippen LogP contribution in [0.5, 0.6) is 5.75 Å². The van der Waals surface area contributed by atoms with Crippen molar-refractivity contribution in [2.75, 3.05) is 6.61 Å². The Balaban J connectivity index is 1.65. The van der Waals surface area contributed by atoms with E-state index >= 15 is 0 Å². The van der Waals surface area contributed by atoms with Gasteiger partial charge in [-0.05, 0) is 59.4 Å². The number of aromatic hydroxyl groups is 1. The van der Waals surface area contributed by atoms with E-state index in [2.05, 4.69) is 6.58 Å². The first-order chi connectivity index (χ1) is 16.5. The van der Waals surface area contributed by atoms with Crippen LogP contribution in [0.3, 0.4) is 0 Å². The zero-order chi connectivity index (χ0) is 24.3. The van der Waals surface area contributed by atoms with Crippen LogP contribution in [0, 0.1) is 5.92 Å². The second-order valence-corrected chi connectivity index (χ2v) is 8.64. The normalized spacial score (nSPS) is 14.4. The molecule has 0 unspecified atom stereocenters. The van der Waals surface area contributed by atoms with E-state index in [0.717, 1.165) is 22.3 Å². The Morgan fingerprint density at radius 1 is 0.941 bits per heavy atom. The molecule has 0 amide bonds. The molecule has 0 saturated heterocycles. The highest BCUT2D eigenvalue weighted by Crippen LogP contribution is 2.30. The molecule has 3 atom stereocenters. The van der Waals surface area contributed by atoms with E-state index in [-0.39, 0.29) is 12.4 Å². The van der Waals surface area contributed by atoms with Crippen molar-refractivity contribution in [1.29, 1.82) is 0 Å². The van der Waals surface area contributed by atoms with Crippen LogP contribution in [0.25, 0.3) is 11.6 Å². The van der Waals surface area contributed by atoms with Gasteiger partial charge in [-0.15, -0.1) is 6.58 Å². The standard InChI is InChI=1S/C29H31ClO4/c1-2-26(29(33)20-34-19-21-9-5-3-6-10-21)28(32)16-14-23(22-11-7-4-8-12-22)17-24-13-15-25(31)18-27(24)30/h2-13,15,17-18,26,28-29,31-33H,1,14,16,19-20H2/b23-17-/t26-,28-,29-/m1/s1. The maximum Gasteiger partial charge on any atom is 0.117 e. The van der Waals surface area contributed by atoms with E-state index in [9.17, 15) is 15.3 Å². The third-order valence-corrected chi connectivity index (χ3v) is 6.06. The van der Waals surface area contributed by atoms with Gasteiger partial charge in [0.15, 0.2) is 0 Å². The van der Waals surface area contributed by atoms with Gasteiger partial charge in [0.1, 0.15) is 5.75 Å². The second kappa shape index (κ2) is 13.1. The van der Waals surface area contributed by atoms with Gasteiger partial charge in [-0.1, -0.05) is 78.3 Å². The van der Waals surface area contributed by atoms with E-state index in [1.165, 1.54) is 6.07 Å². The van der Waals surface area contributed by atoms with Gasteiger partial charge in [0.2, 0.25) is 0 Å². The maximum atomic E-state index is 10.9. The minimum absolute atomic E-state index is 0.104. The van der Waals surface area contributed by atoms with Crippen LogP contribution < -0.4 is 0 Å². The van der Waals surface area contributed by atoms with Crippen molar-refractivity contribution in [3.05, 3.63) is 113 Å². The van der Waals surface area contributed by atoms with E-state index in [0.29, 0.717) is 24.5 Å². The number of hydrogen-bond donors (Lipinski definition) is 3. The lowest BCUT2D eigenvalue weighted by Crippen LogP contribution is -2.33. The number of aliphatic hydroxyl groups is 2. The molecule has 3 N–H and O–H groups in total. The zero-order valence-corrected chi connectivity index (χ0v) is 19.8. The summed E-state index contributed by atoms with van der Waals surface area (Å²) in [5, 5.41) is 31.6. The average molecular weight is 479 g/mol. The second-order valence-electron chi connectivity index (χ2n) is 8.23. The molecule has 3 rings (SSSR count). The number of phenols is 1. The van der Waals surface area contributed by atoms with Crippen LogP contribution in [-0.4, -0.2) is 34.1 Å². The first kappa shape index (κ1) is 25.7. The summed E-state index contributed by atoms with van der Waals surface area (Å²) in [6.45, 7) is 4.31. The highest BCUT2D eigenvalue weighted by Gasteiger charge is 2.24. The summed E-state index contributed by atoms with van der Waals surface area (Å²) < 4.78 is 5.66. The first-order valence-corrected chi connectivity index (χ1v) is 11.7. The van der Waals surface area contributed by atoms with Crippen molar-refractivity contribution >= 4 is 23.3 Å². The highest BCUT2D eigenvalue weighted by molar-refractivity contribution is 6.32. The summed E-state index contributed by atoms with van der Waals surface area (Å²) in [7, 11) is 0. The Hall–Kier alpha value is -2.89. The molecule has 3 aromatic carbocycles. The van der Waals surface area contributed by atoms with Crippen LogP contribution in [0.2, 0.25) is 5.02 Å². The Kier molecular flexibility index (Phi) is 9.92. The molecular formula is C29H31ClO4. The van der Waals surface area contributed by atoms with Gasteiger partial charge in [0.25, 0.3) is 0 Å². The summed E-state index contributed by atoms with van der Waals surface area (Å²) in [4.78, 5) is 0. The number of ether oxygens (including phenoxy) is 1. The lowest BCUT2D eigenvalue weighted by atomic mass is 9.90. The molecule has 0 aliphatic carbocycles. The van der Waals surface area contributed by atoms with Gasteiger partial charge in [-0.2, -0.15) is 0 Å². The van der Waals surface area contributed by atoms with Gasteiger partial charge in [-0.3, -0.25) is 0 Å². The van der Waals surface area contributed by atoms with Crippen molar-refractivity contribution < 1.29 is 20.1 Å². The topological polar surface area (TPSA) is 69.9 Å². The molecule has 0 fully saturated rings. The van der Waals surface area contributed by atoms with E-state index < -0.39 is 18.1 Å². The largest absolute Gasteiger partial charge is 0.508 e. The fourth-order valence-corrected chi connectivity index (χ4v) is 4.05. The zero-order valence-electron chi connectivity index (χ0n) is 19.1. The van der Waals surface area contributed by atoms with Crippen LogP contribution in [0.1, 0.15) is 29.5 Å². The van der Waals surface area contributed by atoms with Crippen LogP contribution in [-0.2, 0) is 11.3 Å². The molecule has 0 bridgehead atoms. The van der Waals surface area contributed by atoms with Crippen LogP contribution in [0.4, 0.5) is 0 Å². The predicted molar refractivity (Wildman–Crippen MR) is 138 cm³/mol. The lowest BCUT2D eigenvalue weighted by molar-refractivity contribution is -0.0270. The minimum atomic E-state index is -0.869. The fraction of sp³-hybridized carbons (Fsp3) is 0.241. The number of phenolic OH excluding ortho intramolecular Hbond substituents is 1. The monoisotopic (exact) mass is 478 g/mol. The maximum absolute atomic E-state index is 10.9. The molecule has 0 saturated carbocycles. The highest BCUT2D eigenvalue weighted by atomic mass is 35.5. The van der Waals surface area contributed by atoms with Gasteiger partial charge < -0.3 is 20.1 Å². The quantitative estimate of drug-likeness (QED) is 0.217. The molecule has 0 aliphatic rings. The van der Waals surface area contributed by atoms with E-state index in [1.54, 1.807) is 18.2 Å². The van der Waals surface area contributed by atoms with Gasteiger partial charge >= 0.3 is 0 Å². The number of benzene rings is 3. The SMILES string of the molecule is C=C[C@H]([C@H](O)CC/C(=C/c1ccc(O)cc1Cl)c1ccccc1)[C@H](O)COCc1ccccc1. The van der Waals surface area contributed by atoms with Crippen molar-refractivity contribution in [2.24, 2.45) is 5.92 Å². The first-order valence-electron chi connectivity index (χ1n) is 11.3. The third-order valence-electron chi connectivity index (χ3n) is 5.73. The number of rotatable bonds is 12. The summed E-state index contributed by atoms with van der Waals surface area (Å²) in [6, 6.07) is 24.5. The molecule has 5 heteroatoms. The van der Waals surface area contributed by atoms with Crippen molar-refractivity contribution in [3.63, 3.8) is 0 Å². The third kappa shape index (κ3) is 7.57. The summed E-state index contributed by atoms with van der Waals surface area (Å²) in [6.07, 6.45) is 2.87. The molecule has 4 nitrogen and oxygen atoms in total. The molecule has 0 heterocycles. The summed E-state index contributed by atoms with van der Waals surface area (Å²) >= 11 is 6.32. The Labute approximate surface area is 206 Å². The Bertz CT molecular complexity index is 1070. The summed E-state index contributed by atoms with van der Waals surface area (Å²) in [5.41, 5.74) is 3.81. The molecule has 0 spiro atoms. The van der Waals surface area contributed by atoms with E-state index in [1.807, 2.05) is 66.7 Å². The molecule has 0 aromatic heterocycles. The Morgan fingerprint density at radius 3 is 2.26 bits per heavy atom. The fourth-order valence-electron chi connectivity index (χ4n) is 3.82. The Morgan fingerprint density at radius 2 is 1.62 bits per heavy atom. The van der Waals surface area contributed by atoms with Crippen LogP contribution >= 0.6 is 11.6 Å². The number of hydrogen-bond acceptors (Lipinski definition) is 4. The smallest absolute Gasteiger partial charge is 0.117 e. The average Bonchev–Trinajstić information content (AvgIpc) is 2.84. The molecule has 0 aliphatic heterocycles. The minimum Gasteiger partial charge on any atom is -0.508 e. The molecular weight excluding hydrogens is 448 g/mol.